The molecule has 0 aliphatic heterocycles. The lowest BCUT2D eigenvalue weighted by molar-refractivity contribution is -0.113. The summed E-state index contributed by atoms with van der Waals surface area (Å²) in [6.07, 6.45) is 20.0. The summed E-state index contributed by atoms with van der Waals surface area (Å²) in [4.78, 5) is 0. The van der Waals surface area contributed by atoms with Crippen molar-refractivity contribution in [3.63, 3.8) is 0 Å². The topological polar surface area (TPSA) is 40.5 Å². The zero-order valence-corrected chi connectivity index (χ0v) is 32.4. The van der Waals surface area contributed by atoms with Gasteiger partial charge in [-0.05, 0) is 83.3 Å². The molecule has 4 rings (SSSR count). The average Bonchev–Trinajstić information content (AvgIpc) is 3.11. The lowest BCUT2D eigenvalue weighted by Crippen LogP contribution is -2.51. The lowest BCUT2D eigenvalue weighted by Gasteiger charge is -2.45. The Labute approximate surface area is 307 Å². The summed E-state index contributed by atoms with van der Waals surface area (Å²) >= 11 is 7.15. The van der Waals surface area contributed by atoms with E-state index in [0.717, 1.165) is 34.6 Å². The van der Waals surface area contributed by atoms with Crippen molar-refractivity contribution in [2.45, 2.75) is 128 Å². The van der Waals surface area contributed by atoms with Crippen molar-refractivity contribution in [2.24, 2.45) is 0 Å². The van der Waals surface area contributed by atoms with Crippen LogP contribution in [0.25, 0.3) is 0 Å². The van der Waals surface area contributed by atoms with Gasteiger partial charge in [0, 0.05) is 8.95 Å². The fraction of sp³-hybridized carbons (Fsp3) is 0.455. The summed E-state index contributed by atoms with van der Waals surface area (Å²) < 4.78 is 1.83. The van der Waals surface area contributed by atoms with Gasteiger partial charge in [-0.2, -0.15) is 0 Å². The van der Waals surface area contributed by atoms with Crippen molar-refractivity contribution in [3.8, 4) is 0 Å². The molecule has 4 heteroatoms. The minimum absolute atomic E-state index is 0.628. The monoisotopic (exact) mass is 774 g/mol. The number of hydrogen-bond donors (Lipinski definition) is 2. The van der Waals surface area contributed by atoms with Crippen LogP contribution in [0.1, 0.15) is 137 Å². The second kappa shape index (κ2) is 19.8. The second-order valence-corrected chi connectivity index (χ2v) is 15.4. The molecular formula is C44H56Br2O2. The highest BCUT2D eigenvalue weighted by Gasteiger charge is 2.54. The van der Waals surface area contributed by atoms with Crippen LogP contribution in [-0.4, -0.2) is 10.2 Å². The molecule has 0 heterocycles. The van der Waals surface area contributed by atoms with E-state index in [1.165, 1.54) is 88.2 Å². The van der Waals surface area contributed by atoms with Crippen molar-refractivity contribution in [1.82, 2.24) is 0 Å². The molecule has 2 nitrogen and oxygen atoms in total. The number of aryl methyl sites for hydroxylation is 2. The van der Waals surface area contributed by atoms with Crippen LogP contribution in [0.15, 0.2) is 106 Å². The molecule has 48 heavy (non-hydrogen) atoms. The highest BCUT2D eigenvalue weighted by Crippen LogP contribution is 2.50. The number of hydrogen-bond acceptors (Lipinski definition) is 2. The third-order valence-electron chi connectivity index (χ3n) is 9.93. The van der Waals surface area contributed by atoms with Gasteiger partial charge in [-0.25, -0.2) is 0 Å². The van der Waals surface area contributed by atoms with Crippen LogP contribution in [0.3, 0.4) is 0 Å². The quantitative estimate of drug-likeness (QED) is 0.0828. The first-order chi connectivity index (χ1) is 23.3. The average molecular weight is 777 g/mol. The number of rotatable bonds is 21. The van der Waals surface area contributed by atoms with Gasteiger partial charge in [0.25, 0.3) is 0 Å². The van der Waals surface area contributed by atoms with Crippen LogP contribution in [0.5, 0.6) is 0 Å². The molecule has 0 spiro atoms. The Balaban J connectivity index is 1.65. The first-order valence-electron chi connectivity index (χ1n) is 18.5. The van der Waals surface area contributed by atoms with E-state index < -0.39 is 11.2 Å². The highest BCUT2D eigenvalue weighted by atomic mass is 79.9. The minimum Gasteiger partial charge on any atom is -0.377 e. The summed E-state index contributed by atoms with van der Waals surface area (Å²) in [5.74, 6) is 0. The van der Waals surface area contributed by atoms with Gasteiger partial charge in [0.05, 0.1) is 0 Å². The SMILES string of the molecule is CCCCCCCCCc1ccc(C(O)(c2ccc(Br)cc2)C(O)(c2ccc(Br)cc2)c2ccc(CCCCCCCCC)cc2)cc1. The maximum Gasteiger partial charge on any atom is 0.152 e. The standard InChI is InChI=1S/C44H56Br2O2/c1-3-5-7-9-11-13-15-17-35-19-23-37(24-20-35)43(47,39-27-31-41(45)32-28-39)44(48,40-29-33-42(46)34-30-40)38-25-21-36(22-26-38)18-16-14-12-10-8-6-4-2/h19-34,47-48H,3-18H2,1-2H3. The van der Waals surface area contributed by atoms with Crippen molar-refractivity contribution in [1.29, 1.82) is 0 Å². The highest BCUT2D eigenvalue weighted by molar-refractivity contribution is 9.10. The minimum atomic E-state index is -1.78. The van der Waals surface area contributed by atoms with E-state index in [2.05, 4.69) is 70.0 Å². The van der Waals surface area contributed by atoms with Gasteiger partial charge in [-0.1, -0.05) is 196 Å². The van der Waals surface area contributed by atoms with Gasteiger partial charge in [0.2, 0.25) is 0 Å². The molecule has 4 aromatic rings. The van der Waals surface area contributed by atoms with Gasteiger partial charge < -0.3 is 10.2 Å². The fourth-order valence-corrected chi connectivity index (χ4v) is 7.48. The van der Waals surface area contributed by atoms with E-state index in [0.29, 0.717) is 22.3 Å². The number of unbranched alkanes of at least 4 members (excludes halogenated alkanes) is 12. The van der Waals surface area contributed by atoms with E-state index in [-0.39, 0.29) is 0 Å². The van der Waals surface area contributed by atoms with Crippen LogP contribution in [-0.2, 0) is 24.0 Å². The summed E-state index contributed by atoms with van der Waals surface area (Å²) in [7, 11) is 0. The Morgan fingerprint density at radius 2 is 0.625 bits per heavy atom. The molecule has 0 bridgehead atoms. The largest absolute Gasteiger partial charge is 0.377 e. The first-order valence-corrected chi connectivity index (χ1v) is 20.1. The van der Waals surface area contributed by atoms with Gasteiger partial charge >= 0.3 is 0 Å². The maximum absolute atomic E-state index is 13.2. The van der Waals surface area contributed by atoms with Crippen molar-refractivity contribution in [2.75, 3.05) is 0 Å². The Morgan fingerprint density at radius 1 is 0.375 bits per heavy atom. The molecule has 2 atom stereocenters. The molecule has 0 amide bonds. The molecule has 2 N–H and O–H groups in total. The predicted octanol–water partition coefficient (Wildman–Crippen LogP) is 13.0. The van der Waals surface area contributed by atoms with Crippen LogP contribution in [0.4, 0.5) is 0 Å². The Bertz CT molecular complexity index is 1350. The second-order valence-electron chi connectivity index (χ2n) is 13.6. The number of aliphatic hydroxyl groups is 2. The van der Waals surface area contributed by atoms with Gasteiger partial charge in [0.1, 0.15) is 0 Å². The number of halogens is 2. The molecule has 0 aromatic heterocycles. The predicted molar refractivity (Wildman–Crippen MR) is 211 cm³/mol. The van der Waals surface area contributed by atoms with Gasteiger partial charge in [-0.3, -0.25) is 0 Å². The third-order valence-corrected chi connectivity index (χ3v) is 11.0. The molecular weight excluding hydrogens is 720 g/mol. The molecule has 0 fully saturated rings. The molecule has 258 valence electrons. The van der Waals surface area contributed by atoms with Crippen LogP contribution in [0.2, 0.25) is 0 Å². The summed E-state index contributed by atoms with van der Waals surface area (Å²) in [5.41, 5.74) is 1.53. The molecule has 0 saturated heterocycles. The Morgan fingerprint density at radius 3 is 0.917 bits per heavy atom. The molecule has 0 aliphatic carbocycles. The van der Waals surface area contributed by atoms with Crippen LogP contribution >= 0.6 is 31.9 Å². The molecule has 0 saturated carbocycles. The van der Waals surface area contributed by atoms with Gasteiger partial charge in [0.15, 0.2) is 11.2 Å². The first kappa shape index (κ1) is 38.6. The van der Waals surface area contributed by atoms with E-state index >= 15 is 0 Å². The molecule has 0 radical (unpaired) electrons. The summed E-state index contributed by atoms with van der Waals surface area (Å²) in [6.45, 7) is 4.52. The van der Waals surface area contributed by atoms with Crippen molar-refractivity contribution < 1.29 is 10.2 Å². The normalized spacial score (nSPS) is 14.0. The van der Waals surface area contributed by atoms with Crippen LogP contribution < -0.4 is 0 Å². The smallest absolute Gasteiger partial charge is 0.152 e. The summed E-state index contributed by atoms with van der Waals surface area (Å²) in [6, 6.07) is 31.9. The molecule has 2 unspecified atom stereocenters. The zero-order valence-electron chi connectivity index (χ0n) is 29.2. The number of benzene rings is 4. The maximum atomic E-state index is 13.2. The third kappa shape index (κ3) is 10.2. The van der Waals surface area contributed by atoms with Crippen molar-refractivity contribution >= 4 is 31.9 Å². The van der Waals surface area contributed by atoms with E-state index in [1.807, 2.05) is 72.8 Å². The Hall–Kier alpha value is -2.24. The van der Waals surface area contributed by atoms with E-state index in [4.69, 9.17) is 0 Å². The summed E-state index contributed by atoms with van der Waals surface area (Å²) in [5, 5.41) is 26.4. The molecule has 0 aliphatic rings. The van der Waals surface area contributed by atoms with Gasteiger partial charge in [-0.15, -0.1) is 0 Å². The zero-order chi connectivity index (χ0) is 34.2. The van der Waals surface area contributed by atoms with Crippen molar-refractivity contribution in [3.05, 3.63) is 139 Å². The molecule has 4 aromatic carbocycles. The van der Waals surface area contributed by atoms with Crippen LogP contribution in [0, 0.1) is 0 Å². The van der Waals surface area contributed by atoms with E-state index in [1.54, 1.807) is 0 Å². The fourth-order valence-electron chi connectivity index (χ4n) is 6.95. The van der Waals surface area contributed by atoms with E-state index in [9.17, 15) is 10.2 Å². The Kier molecular flexibility index (Phi) is 15.9. The lowest BCUT2D eigenvalue weighted by atomic mass is 9.66.